The van der Waals surface area contributed by atoms with E-state index in [0.717, 1.165) is 18.7 Å². The molecular formula is C25H31N3O4. The van der Waals surface area contributed by atoms with Crippen LogP contribution in [0.15, 0.2) is 48.5 Å². The Kier molecular flexibility index (Phi) is 6.95. The molecule has 1 N–H and O–H groups in total. The molecule has 2 aliphatic rings. The van der Waals surface area contributed by atoms with Gasteiger partial charge in [0.15, 0.2) is 11.5 Å². The third-order valence-electron chi connectivity index (χ3n) is 6.34. The van der Waals surface area contributed by atoms with Crippen LogP contribution in [0.25, 0.3) is 0 Å². The van der Waals surface area contributed by atoms with Crippen molar-refractivity contribution in [3.05, 3.63) is 54.1 Å². The largest absolute Gasteiger partial charge is 0.454 e. The molecule has 32 heavy (non-hydrogen) atoms. The Labute approximate surface area is 189 Å². The van der Waals surface area contributed by atoms with Crippen LogP contribution in [-0.4, -0.2) is 54.6 Å². The summed E-state index contributed by atoms with van der Waals surface area (Å²) in [4.78, 5) is 30.4. The average molecular weight is 438 g/mol. The Hall–Kier alpha value is -3.06. The normalized spacial score (nSPS) is 16.8. The highest BCUT2D eigenvalue weighted by Crippen LogP contribution is 2.34. The molecular weight excluding hydrogens is 406 g/mol. The predicted octanol–water partition coefficient (Wildman–Crippen LogP) is 3.68. The maximum atomic E-state index is 13.5. The molecule has 2 heterocycles. The van der Waals surface area contributed by atoms with E-state index in [1.54, 1.807) is 12.1 Å². The first-order valence-electron chi connectivity index (χ1n) is 11.4. The predicted molar refractivity (Wildman–Crippen MR) is 123 cm³/mol. The molecule has 7 nitrogen and oxygen atoms in total. The molecule has 2 amide bonds. The van der Waals surface area contributed by atoms with Crippen LogP contribution in [0, 0.1) is 5.92 Å². The van der Waals surface area contributed by atoms with Gasteiger partial charge < -0.3 is 19.7 Å². The Balaban J connectivity index is 1.37. The summed E-state index contributed by atoms with van der Waals surface area (Å²) in [6.45, 7) is 7.15. The standard InChI is InChI=1S/C25H31N3O4/c1-3-27(4-2)23(18-8-6-5-7-9-18)25(30)28-14-12-19(13-15-28)24(29)26-20-10-11-21-22(16-20)32-17-31-21/h5-11,16,19,23H,3-4,12-15,17H2,1-2H3,(H,26,29). The van der Waals surface area contributed by atoms with Crippen molar-refractivity contribution in [2.45, 2.75) is 32.7 Å². The minimum atomic E-state index is -0.287. The lowest BCUT2D eigenvalue weighted by Crippen LogP contribution is -2.47. The Morgan fingerprint density at radius 2 is 1.72 bits per heavy atom. The topological polar surface area (TPSA) is 71.1 Å². The number of hydrogen-bond acceptors (Lipinski definition) is 5. The Bertz CT molecular complexity index is 937. The molecule has 4 rings (SSSR count). The molecule has 2 aromatic rings. The van der Waals surface area contributed by atoms with Crippen LogP contribution in [0.5, 0.6) is 11.5 Å². The molecule has 170 valence electrons. The van der Waals surface area contributed by atoms with Gasteiger partial charge in [-0.3, -0.25) is 14.5 Å². The molecule has 1 saturated heterocycles. The first-order valence-corrected chi connectivity index (χ1v) is 11.4. The van der Waals surface area contributed by atoms with Crippen molar-refractivity contribution in [3.8, 4) is 11.5 Å². The molecule has 0 aromatic heterocycles. The molecule has 7 heteroatoms. The second-order valence-electron chi connectivity index (χ2n) is 8.19. The first-order chi connectivity index (χ1) is 15.6. The van der Waals surface area contributed by atoms with E-state index in [0.29, 0.717) is 43.1 Å². The number of benzene rings is 2. The van der Waals surface area contributed by atoms with Crippen molar-refractivity contribution < 1.29 is 19.1 Å². The van der Waals surface area contributed by atoms with Crippen LogP contribution in [0.3, 0.4) is 0 Å². The molecule has 2 aliphatic heterocycles. The summed E-state index contributed by atoms with van der Waals surface area (Å²) in [5, 5.41) is 2.98. The van der Waals surface area contributed by atoms with Crippen molar-refractivity contribution in [2.75, 3.05) is 38.3 Å². The van der Waals surface area contributed by atoms with Crippen LogP contribution in [-0.2, 0) is 9.59 Å². The number of piperidine rings is 1. The fourth-order valence-corrected chi connectivity index (χ4v) is 4.49. The molecule has 0 radical (unpaired) electrons. The van der Waals surface area contributed by atoms with E-state index in [-0.39, 0.29) is 30.6 Å². The van der Waals surface area contributed by atoms with E-state index in [1.165, 1.54) is 0 Å². The number of likely N-dealkylation sites (tertiary alicyclic amines) is 1. The highest BCUT2D eigenvalue weighted by molar-refractivity contribution is 5.93. The number of hydrogen-bond donors (Lipinski definition) is 1. The summed E-state index contributed by atoms with van der Waals surface area (Å²) in [6, 6.07) is 15.1. The molecule has 0 bridgehead atoms. The summed E-state index contributed by atoms with van der Waals surface area (Å²) in [5.41, 5.74) is 1.72. The minimum absolute atomic E-state index is 0.0145. The quantitative estimate of drug-likeness (QED) is 0.716. The van der Waals surface area contributed by atoms with E-state index in [2.05, 4.69) is 24.1 Å². The van der Waals surface area contributed by atoms with Crippen LogP contribution in [0.1, 0.15) is 38.3 Å². The Morgan fingerprint density at radius 3 is 2.41 bits per heavy atom. The second-order valence-corrected chi connectivity index (χ2v) is 8.19. The van der Waals surface area contributed by atoms with Gasteiger partial charge in [0.1, 0.15) is 6.04 Å². The number of anilines is 1. The minimum Gasteiger partial charge on any atom is -0.454 e. The summed E-state index contributed by atoms with van der Waals surface area (Å²) < 4.78 is 10.7. The molecule has 0 saturated carbocycles. The number of carbonyl (C=O) groups excluding carboxylic acids is 2. The first kappa shape index (κ1) is 22.1. The molecule has 1 fully saturated rings. The maximum absolute atomic E-state index is 13.5. The number of amides is 2. The van der Waals surface area contributed by atoms with Crippen molar-refractivity contribution >= 4 is 17.5 Å². The van der Waals surface area contributed by atoms with E-state index < -0.39 is 0 Å². The van der Waals surface area contributed by atoms with E-state index in [1.807, 2.05) is 41.3 Å². The van der Waals surface area contributed by atoms with Gasteiger partial charge in [-0.2, -0.15) is 0 Å². The third-order valence-corrected chi connectivity index (χ3v) is 6.34. The van der Waals surface area contributed by atoms with Gasteiger partial charge in [0, 0.05) is 30.8 Å². The average Bonchev–Trinajstić information content (AvgIpc) is 3.30. The number of rotatable bonds is 7. The fraction of sp³-hybridized carbons (Fsp3) is 0.440. The van der Waals surface area contributed by atoms with Gasteiger partial charge in [0.05, 0.1) is 0 Å². The lowest BCUT2D eigenvalue weighted by molar-refractivity contribution is -0.140. The van der Waals surface area contributed by atoms with Crippen molar-refractivity contribution in [2.24, 2.45) is 5.92 Å². The molecule has 0 aliphatic carbocycles. The monoisotopic (exact) mass is 437 g/mol. The van der Waals surface area contributed by atoms with E-state index >= 15 is 0 Å². The molecule has 2 aromatic carbocycles. The lowest BCUT2D eigenvalue weighted by Gasteiger charge is -2.37. The van der Waals surface area contributed by atoms with Crippen LogP contribution in [0.4, 0.5) is 5.69 Å². The van der Waals surface area contributed by atoms with Crippen LogP contribution >= 0.6 is 0 Å². The van der Waals surface area contributed by atoms with Gasteiger partial charge in [-0.1, -0.05) is 44.2 Å². The van der Waals surface area contributed by atoms with Crippen molar-refractivity contribution in [1.82, 2.24) is 9.80 Å². The van der Waals surface area contributed by atoms with Gasteiger partial charge in [-0.15, -0.1) is 0 Å². The van der Waals surface area contributed by atoms with Gasteiger partial charge in [-0.05, 0) is 43.6 Å². The molecule has 0 spiro atoms. The van der Waals surface area contributed by atoms with Crippen LogP contribution in [0.2, 0.25) is 0 Å². The lowest BCUT2D eigenvalue weighted by atomic mass is 9.94. The smallest absolute Gasteiger partial charge is 0.244 e. The molecule has 1 unspecified atom stereocenters. The maximum Gasteiger partial charge on any atom is 0.244 e. The zero-order valence-corrected chi connectivity index (χ0v) is 18.8. The number of carbonyl (C=O) groups is 2. The summed E-state index contributed by atoms with van der Waals surface area (Å²) in [5.74, 6) is 1.32. The SMILES string of the molecule is CCN(CC)C(C(=O)N1CCC(C(=O)Nc2ccc3c(c2)OCO3)CC1)c1ccccc1. The molecule has 1 atom stereocenters. The van der Waals surface area contributed by atoms with E-state index in [9.17, 15) is 9.59 Å². The summed E-state index contributed by atoms with van der Waals surface area (Å²) >= 11 is 0. The van der Waals surface area contributed by atoms with Crippen molar-refractivity contribution in [3.63, 3.8) is 0 Å². The van der Waals surface area contributed by atoms with Gasteiger partial charge in [-0.25, -0.2) is 0 Å². The number of likely N-dealkylation sites (N-methyl/N-ethyl adjacent to an activating group) is 1. The van der Waals surface area contributed by atoms with Crippen molar-refractivity contribution in [1.29, 1.82) is 0 Å². The highest BCUT2D eigenvalue weighted by atomic mass is 16.7. The zero-order valence-electron chi connectivity index (χ0n) is 18.8. The van der Waals surface area contributed by atoms with Gasteiger partial charge in [0.2, 0.25) is 18.6 Å². The number of ether oxygens (including phenoxy) is 2. The number of fused-ring (bicyclic) bond motifs is 1. The summed E-state index contributed by atoms with van der Waals surface area (Å²) in [6.07, 6.45) is 1.31. The third kappa shape index (κ3) is 4.72. The zero-order chi connectivity index (χ0) is 22.5. The number of nitrogens with one attached hydrogen (secondary N) is 1. The van der Waals surface area contributed by atoms with Gasteiger partial charge in [0.25, 0.3) is 0 Å². The van der Waals surface area contributed by atoms with E-state index in [4.69, 9.17) is 9.47 Å². The second kappa shape index (κ2) is 10.0. The Morgan fingerprint density at radius 1 is 1.03 bits per heavy atom. The number of nitrogens with zero attached hydrogens (tertiary/aromatic N) is 2. The fourth-order valence-electron chi connectivity index (χ4n) is 4.49. The summed E-state index contributed by atoms with van der Waals surface area (Å²) in [7, 11) is 0. The van der Waals surface area contributed by atoms with Gasteiger partial charge >= 0.3 is 0 Å². The highest BCUT2D eigenvalue weighted by Gasteiger charge is 2.33. The van der Waals surface area contributed by atoms with Crippen LogP contribution < -0.4 is 14.8 Å².